The van der Waals surface area contributed by atoms with E-state index in [0.717, 1.165) is 30.5 Å². The third-order valence-corrected chi connectivity index (χ3v) is 18.7. The molecule has 4 saturated carbocycles. The predicted molar refractivity (Wildman–Crippen MR) is 236 cm³/mol. The topological polar surface area (TPSA) is 219 Å². The minimum absolute atomic E-state index is 0.00179. The van der Waals surface area contributed by atoms with Crippen LogP contribution in [-0.2, 0) is 32.2 Å². The average Bonchev–Trinajstić information content (AvgIpc) is 3.26. The fourth-order valence-electron chi connectivity index (χ4n) is 15.0. The average molecular weight is 886 g/mol. The molecule has 0 aromatic heterocycles. The second-order valence-electron chi connectivity index (χ2n) is 22.3. The maximum atomic E-state index is 13.5. The van der Waals surface area contributed by atoms with E-state index in [1.165, 1.54) is 5.57 Å². The summed E-state index contributed by atoms with van der Waals surface area (Å²) in [6.07, 6.45) is 2.41. The van der Waals surface area contributed by atoms with Crippen LogP contribution in [0.15, 0.2) is 35.9 Å². The van der Waals surface area contributed by atoms with Gasteiger partial charge in [-0.1, -0.05) is 70.5 Å². The first-order chi connectivity index (χ1) is 29.8. The van der Waals surface area contributed by atoms with Gasteiger partial charge in [0.05, 0.1) is 37.4 Å². The number of hydrogen-bond acceptors (Lipinski definition) is 12. The highest BCUT2D eigenvalue weighted by Crippen LogP contribution is 2.77. The maximum Gasteiger partial charge on any atom is 0.310 e. The molecule has 0 amide bonds. The Labute approximate surface area is 374 Å². The molecule has 9 N–H and O–H groups in total. The van der Waals surface area contributed by atoms with E-state index in [-0.39, 0.29) is 80.1 Å². The highest BCUT2D eigenvalue weighted by atomic mass is 16.7. The molecule has 1 aromatic carbocycles. The number of ether oxygens (including phenoxy) is 3. The van der Waals surface area contributed by atoms with Gasteiger partial charge in [0, 0.05) is 31.8 Å². The Morgan fingerprint density at radius 2 is 1.60 bits per heavy atom. The zero-order chi connectivity index (χ0) is 45.8. The molecule has 0 radical (unpaired) electrons. The SMILES string of the molecule is CNCc1ccc(COC2CC3(C)C(CCC4(C)C3C(CC(CO)CCCO)C=C3C5CC(C)(CO)CCC5(C(=O)O)CCC34C)C(C)(CO)C2OC2OCC(O)C(O)C2O)cc1. The lowest BCUT2D eigenvalue weighted by atomic mass is 9.31. The molecule has 5 fully saturated rings. The van der Waals surface area contributed by atoms with E-state index in [2.05, 4.69) is 51.2 Å². The minimum Gasteiger partial charge on any atom is -0.481 e. The van der Waals surface area contributed by atoms with E-state index < -0.39 is 64.4 Å². The van der Waals surface area contributed by atoms with E-state index in [1.54, 1.807) is 0 Å². The maximum absolute atomic E-state index is 13.5. The Hall–Kier alpha value is -2.01. The van der Waals surface area contributed by atoms with Gasteiger partial charge in [-0.2, -0.15) is 0 Å². The number of rotatable bonds is 16. The molecule has 6 aliphatic rings. The van der Waals surface area contributed by atoms with Crippen molar-refractivity contribution >= 4 is 5.97 Å². The number of fused-ring (bicyclic) bond motifs is 7. The summed E-state index contributed by atoms with van der Waals surface area (Å²) in [5.41, 5.74) is -0.189. The molecule has 17 unspecified atom stereocenters. The summed E-state index contributed by atoms with van der Waals surface area (Å²) in [5, 5.41) is 89.9. The normalized spacial score (nSPS) is 45.3. The van der Waals surface area contributed by atoms with Gasteiger partial charge in [-0.15, -0.1) is 0 Å². The number of aliphatic hydroxyl groups is 7. The predicted octanol–water partition coefficient (Wildman–Crippen LogP) is 4.55. The molecule has 5 aliphatic carbocycles. The molecule has 17 atom stereocenters. The number of aliphatic hydroxyl groups excluding tert-OH is 7. The van der Waals surface area contributed by atoms with Crippen LogP contribution in [0.4, 0.5) is 0 Å². The number of benzene rings is 1. The molecule has 356 valence electrons. The van der Waals surface area contributed by atoms with Crippen molar-refractivity contribution < 1.29 is 59.9 Å². The Morgan fingerprint density at radius 3 is 2.24 bits per heavy atom. The molecule has 1 saturated heterocycles. The molecule has 13 heteroatoms. The van der Waals surface area contributed by atoms with Gasteiger partial charge >= 0.3 is 5.97 Å². The zero-order valence-corrected chi connectivity index (χ0v) is 38.7. The van der Waals surface area contributed by atoms with Gasteiger partial charge in [0.25, 0.3) is 0 Å². The third kappa shape index (κ3) is 8.29. The number of hydrogen-bond donors (Lipinski definition) is 9. The van der Waals surface area contributed by atoms with Gasteiger partial charge in [0.15, 0.2) is 6.29 Å². The molecule has 1 heterocycles. The van der Waals surface area contributed by atoms with Crippen molar-refractivity contribution in [3.63, 3.8) is 0 Å². The summed E-state index contributed by atoms with van der Waals surface area (Å²) < 4.78 is 19.7. The monoisotopic (exact) mass is 886 g/mol. The quantitative estimate of drug-likeness (QED) is 0.0824. The number of carboxylic acid groups (broad SMARTS) is 1. The first-order valence-electron chi connectivity index (χ1n) is 23.9. The van der Waals surface area contributed by atoms with Crippen LogP contribution < -0.4 is 5.32 Å². The van der Waals surface area contributed by atoms with Crippen LogP contribution in [0.25, 0.3) is 0 Å². The fraction of sp³-hybridized carbons (Fsp3) is 0.820. The van der Waals surface area contributed by atoms with Crippen LogP contribution in [0.2, 0.25) is 0 Å². The van der Waals surface area contributed by atoms with Crippen LogP contribution in [0.3, 0.4) is 0 Å². The van der Waals surface area contributed by atoms with Crippen LogP contribution in [0.5, 0.6) is 0 Å². The van der Waals surface area contributed by atoms with E-state index in [1.807, 2.05) is 26.1 Å². The molecule has 7 rings (SSSR count). The van der Waals surface area contributed by atoms with Crippen molar-refractivity contribution in [2.45, 2.75) is 155 Å². The molecule has 13 nitrogen and oxygen atoms in total. The lowest BCUT2D eigenvalue weighted by Gasteiger charge is -2.73. The molecule has 0 spiro atoms. The van der Waals surface area contributed by atoms with E-state index in [9.17, 15) is 45.6 Å². The summed E-state index contributed by atoms with van der Waals surface area (Å²) in [7, 11) is 1.91. The Bertz CT molecular complexity index is 1780. The van der Waals surface area contributed by atoms with Crippen LogP contribution in [0.1, 0.15) is 116 Å². The standard InChI is InChI=1S/C50H79NO12/c1-45(28-54)15-17-50(44(59)60)18-16-48(4)34(35(50)22-45)21-33(20-32(25-53)8-7-19-52)41-46(2)23-37(61-26-31-11-9-30(10-12-31)24-51-6)42(63-43-40(58)39(57)36(56)27-62-43)47(3,29-55)38(46)13-14-49(41,48)5/h9-12,21,32-33,35-43,51-58H,7-8,13-20,22-29H2,1-6H3,(H,59,60). The van der Waals surface area contributed by atoms with Crippen molar-refractivity contribution in [3.8, 4) is 0 Å². The molecule has 63 heavy (non-hydrogen) atoms. The summed E-state index contributed by atoms with van der Waals surface area (Å²) in [6, 6.07) is 8.22. The highest BCUT2D eigenvalue weighted by Gasteiger charge is 2.73. The Kier molecular flexibility index (Phi) is 14.4. The van der Waals surface area contributed by atoms with Crippen molar-refractivity contribution in [2.24, 2.45) is 62.1 Å². The molecular weight excluding hydrogens is 807 g/mol. The van der Waals surface area contributed by atoms with Gasteiger partial charge in [0.2, 0.25) is 0 Å². The second kappa shape index (κ2) is 18.6. The van der Waals surface area contributed by atoms with Gasteiger partial charge in [-0.05, 0) is 140 Å². The summed E-state index contributed by atoms with van der Waals surface area (Å²) >= 11 is 0. The first-order valence-corrected chi connectivity index (χ1v) is 23.9. The third-order valence-electron chi connectivity index (χ3n) is 18.7. The smallest absolute Gasteiger partial charge is 0.310 e. The Morgan fingerprint density at radius 1 is 0.905 bits per heavy atom. The number of carboxylic acids is 1. The molecule has 1 aromatic rings. The zero-order valence-electron chi connectivity index (χ0n) is 38.7. The fourth-order valence-corrected chi connectivity index (χ4v) is 15.0. The minimum atomic E-state index is -1.53. The summed E-state index contributed by atoms with van der Waals surface area (Å²) in [5.74, 6) is -1.32. The largest absolute Gasteiger partial charge is 0.481 e. The number of allylic oxidation sites excluding steroid dienone is 2. The van der Waals surface area contributed by atoms with Crippen molar-refractivity contribution in [1.29, 1.82) is 0 Å². The van der Waals surface area contributed by atoms with Crippen LogP contribution in [0, 0.1) is 62.1 Å². The first kappa shape index (κ1) is 48.9. The second-order valence-corrected chi connectivity index (χ2v) is 22.3. The van der Waals surface area contributed by atoms with Crippen molar-refractivity contribution in [3.05, 3.63) is 47.0 Å². The molecule has 1 aliphatic heterocycles. The lowest BCUT2D eigenvalue weighted by Crippen LogP contribution is -2.70. The van der Waals surface area contributed by atoms with E-state index >= 15 is 0 Å². The van der Waals surface area contributed by atoms with Gasteiger partial charge in [-0.3, -0.25) is 4.79 Å². The van der Waals surface area contributed by atoms with E-state index in [4.69, 9.17) is 14.2 Å². The molecule has 0 bridgehead atoms. The van der Waals surface area contributed by atoms with Gasteiger partial charge < -0.3 is 60.4 Å². The van der Waals surface area contributed by atoms with Crippen molar-refractivity contribution in [1.82, 2.24) is 5.32 Å². The number of nitrogens with one attached hydrogen (secondary N) is 1. The Balaban J connectivity index is 1.36. The van der Waals surface area contributed by atoms with Gasteiger partial charge in [0.1, 0.15) is 18.3 Å². The number of aliphatic carboxylic acids is 1. The summed E-state index contributed by atoms with van der Waals surface area (Å²) in [6.45, 7) is 11.7. The number of carbonyl (C=O) groups is 1. The molecular formula is C50H79NO12. The van der Waals surface area contributed by atoms with Crippen molar-refractivity contribution in [2.75, 3.05) is 40.1 Å². The lowest BCUT2D eigenvalue weighted by molar-refractivity contribution is -0.334. The van der Waals surface area contributed by atoms with Gasteiger partial charge in [-0.25, -0.2) is 0 Å². The van der Waals surface area contributed by atoms with Crippen LogP contribution >= 0.6 is 0 Å². The summed E-state index contributed by atoms with van der Waals surface area (Å²) in [4.78, 5) is 13.5. The van der Waals surface area contributed by atoms with E-state index in [0.29, 0.717) is 57.8 Å². The van der Waals surface area contributed by atoms with Crippen LogP contribution in [-0.4, -0.2) is 124 Å². The highest BCUT2D eigenvalue weighted by molar-refractivity contribution is 5.76.